The molecule has 0 radical (unpaired) electrons. The van der Waals surface area contributed by atoms with E-state index in [1.165, 1.54) is 16.1 Å². The average Bonchev–Trinajstić information content (AvgIpc) is 3.71. The molecule has 39 heavy (non-hydrogen) atoms. The molecule has 0 spiro atoms. The van der Waals surface area contributed by atoms with Gasteiger partial charge in [-0.25, -0.2) is 8.42 Å². The van der Waals surface area contributed by atoms with Crippen LogP contribution in [0.3, 0.4) is 0 Å². The van der Waals surface area contributed by atoms with Crippen molar-refractivity contribution in [3.05, 3.63) is 82.9 Å². The zero-order chi connectivity index (χ0) is 27.6. The fourth-order valence-corrected chi connectivity index (χ4v) is 5.94. The molecule has 1 fully saturated rings. The van der Waals surface area contributed by atoms with Gasteiger partial charge in [0.25, 0.3) is 5.91 Å². The average molecular weight is 546 g/mol. The fourth-order valence-electron chi connectivity index (χ4n) is 5.02. The van der Waals surface area contributed by atoms with Gasteiger partial charge < -0.3 is 9.73 Å². The van der Waals surface area contributed by atoms with Gasteiger partial charge >= 0.3 is 0 Å². The van der Waals surface area contributed by atoms with E-state index >= 15 is 0 Å². The number of carbonyl (C=O) groups excluding carboxylic acids is 1. The molecule has 7 nitrogen and oxygen atoms in total. The Balaban J connectivity index is 1.60. The third-order valence-electron chi connectivity index (χ3n) is 7.23. The molecule has 0 saturated heterocycles. The summed E-state index contributed by atoms with van der Waals surface area (Å²) in [7, 11) is -1.96. The normalized spacial score (nSPS) is 13.5. The van der Waals surface area contributed by atoms with E-state index in [4.69, 9.17) is 9.40 Å². The van der Waals surface area contributed by atoms with Crippen molar-refractivity contribution >= 4 is 32.8 Å². The summed E-state index contributed by atoms with van der Waals surface area (Å²) in [6.07, 6.45) is 6.63. The molecule has 0 bridgehead atoms. The Kier molecular flexibility index (Phi) is 7.75. The van der Waals surface area contributed by atoms with Gasteiger partial charge in [-0.1, -0.05) is 74.4 Å². The number of unbranched alkanes of at least 4 members (excludes halogenated alkanes) is 2. The summed E-state index contributed by atoms with van der Waals surface area (Å²) in [6, 6.07) is 20.2. The maximum absolute atomic E-state index is 13.1. The number of benzene rings is 2. The number of hydrogen-bond donors (Lipinski definition) is 1. The second kappa shape index (κ2) is 11.2. The minimum atomic E-state index is -3.55. The number of fused-ring (bicyclic) bond motifs is 1. The predicted octanol–water partition coefficient (Wildman–Crippen LogP) is 6.28. The first kappa shape index (κ1) is 26.9. The van der Waals surface area contributed by atoms with Gasteiger partial charge in [0.2, 0.25) is 15.7 Å². The van der Waals surface area contributed by atoms with Gasteiger partial charge in [-0.05, 0) is 54.4 Å². The SMILES string of the molecule is CCCCCN(c1nc2oc(-c3ccc(Cc4ccccc4)cc3)c(C(=O)NC)c2cc1C1CC1)S(C)(=O)=O. The lowest BCUT2D eigenvalue weighted by molar-refractivity contribution is 0.0964. The number of hydrogen-bond acceptors (Lipinski definition) is 5. The maximum atomic E-state index is 13.1. The first-order chi connectivity index (χ1) is 18.8. The number of rotatable bonds is 11. The predicted molar refractivity (Wildman–Crippen MR) is 156 cm³/mol. The summed E-state index contributed by atoms with van der Waals surface area (Å²) in [5.41, 5.74) is 4.68. The van der Waals surface area contributed by atoms with Crippen molar-refractivity contribution in [2.24, 2.45) is 0 Å². The lowest BCUT2D eigenvalue weighted by atomic mass is 10.00. The topological polar surface area (TPSA) is 92.5 Å². The highest BCUT2D eigenvalue weighted by atomic mass is 32.2. The summed E-state index contributed by atoms with van der Waals surface area (Å²) in [5.74, 6) is 0.807. The van der Waals surface area contributed by atoms with Crippen molar-refractivity contribution in [1.29, 1.82) is 0 Å². The van der Waals surface area contributed by atoms with Gasteiger partial charge in [-0.15, -0.1) is 0 Å². The zero-order valence-corrected chi connectivity index (χ0v) is 23.6. The Bertz CT molecular complexity index is 1570. The van der Waals surface area contributed by atoms with E-state index in [2.05, 4.69) is 24.4 Å². The van der Waals surface area contributed by atoms with E-state index in [0.717, 1.165) is 55.2 Å². The smallest absolute Gasteiger partial charge is 0.255 e. The Morgan fingerprint density at radius 1 is 1.05 bits per heavy atom. The van der Waals surface area contributed by atoms with Gasteiger partial charge in [0.1, 0.15) is 11.6 Å². The van der Waals surface area contributed by atoms with Gasteiger partial charge in [0.05, 0.1) is 17.2 Å². The number of pyridine rings is 1. The number of furan rings is 1. The van der Waals surface area contributed by atoms with Gasteiger partial charge in [-0.2, -0.15) is 4.98 Å². The first-order valence-corrected chi connectivity index (χ1v) is 15.5. The Morgan fingerprint density at radius 2 is 1.74 bits per heavy atom. The standard InChI is InChI=1S/C31H35N3O4S/c1-4-5-9-18-34(39(3,36)37)29-25(23-16-17-23)20-26-27(30(35)32-2)28(38-31(26)33-29)24-14-12-22(13-15-24)19-21-10-7-6-8-11-21/h6-8,10-15,20,23H,4-5,9,16-19H2,1-3H3,(H,32,35). The summed E-state index contributed by atoms with van der Waals surface area (Å²) < 4.78 is 33.4. The first-order valence-electron chi connectivity index (χ1n) is 13.6. The molecule has 0 unspecified atom stereocenters. The van der Waals surface area contributed by atoms with E-state index < -0.39 is 10.0 Å². The summed E-state index contributed by atoms with van der Waals surface area (Å²) in [6.45, 7) is 2.45. The van der Waals surface area contributed by atoms with Crippen LogP contribution in [0.25, 0.3) is 22.4 Å². The van der Waals surface area contributed by atoms with Crippen LogP contribution in [-0.2, 0) is 16.4 Å². The molecule has 1 saturated carbocycles. The molecule has 1 aliphatic carbocycles. The highest BCUT2D eigenvalue weighted by Crippen LogP contribution is 2.46. The molecular weight excluding hydrogens is 510 g/mol. The third-order valence-corrected chi connectivity index (χ3v) is 8.39. The van der Waals surface area contributed by atoms with E-state index in [0.29, 0.717) is 29.1 Å². The number of aromatic nitrogens is 1. The number of sulfonamides is 1. The summed E-state index contributed by atoms with van der Waals surface area (Å²) in [5, 5.41) is 3.34. The molecule has 0 atom stereocenters. The molecule has 2 heterocycles. The van der Waals surface area contributed by atoms with Crippen LogP contribution in [0.15, 0.2) is 65.1 Å². The molecule has 2 aromatic carbocycles. The summed E-state index contributed by atoms with van der Waals surface area (Å²) >= 11 is 0. The lowest BCUT2D eigenvalue weighted by Gasteiger charge is -2.23. The minimum Gasteiger partial charge on any atom is -0.437 e. The minimum absolute atomic E-state index is 0.223. The number of nitrogens with zero attached hydrogens (tertiary/aromatic N) is 2. The quantitative estimate of drug-likeness (QED) is 0.224. The molecule has 1 N–H and O–H groups in total. The number of anilines is 1. The van der Waals surface area contributed by atoms with Gasteiger partial charge in [0.15, 0.2) is 0 Å². The second-order valence-corrected chi connectivity index (χ2v) is 12.2. The fraction of sp³-hybridized carbons (Fsp3) is 0.355. The van der Waals surface area contributed by atoms with Crippen molar-refractivity contribution in [3.63, 3.8) is 0 Å². The van der Waals surface area contributed by atoms with E-state index in [9.17, 15) is 13.2 Å². The highest BCUT2D eigenvalue weighted by Gasteiger charge is 2.34. The summed E-state index contributed by atoms with van der Waals surface area (Å²) in [4.78, 5) is 17.9. The monoisotopic (exact) mass is 545 g/mol. The number of amides is 1. The Labute approximate surface area is 230 Å². The molecule has 1 amide bonds. The second-order valence-electron chi connectivity index (χ2n) is 10.3. The van der Waals surface area contributed by atoms with Crippen molar-refractivity contribution in [1.82, 2.24) is 10.3 Å². The van der Waals surface area contributed by atoms with Crippen molar-refractivity contribution in [3.8, 4) is 11.3 Å². The van der Waals surface area contributed by atoms with Crippen LogP contribution >= 0.6 is 0 Å². The molecule has 1 aliphatic rings. The highest BCUT2D eigenvalue weighted by molar-refractivity contribution is 7.92. The van der Waals surface area contributed by atoms with Crippen molar-refractivity contribution in [2.75, 3.05) is 24.2 Å². The number of nitrogens with one attached hydrogen (secondary N) is 1. The van der Waals surface area contributed by atoms with Crippen molar-refractivity contribution in [2.45, 2.75) is 51.4 Å². The van der Waals surface area contributed by atoms with Crippen LogP contribution in [-0.4, -0.2) is 39.2 Å². The lowest BCUT2D eigenvalue weighted by Crippen LogP contribution is -2.32. The van der Waals surface area contributed by atoms with E-state index in [-0.39, 0.29) is 17.5 Å². The van der Waals surface area contributed by atoms with Crippen molar-refractivity contribution < 1.29 is 17.6 Å². The third kappa shape index (κ3) is 5.86. The van der Waals surface area contributed by atoms with Crippen LogP contribution in [0.1, 0.15) is 72.0 Å². The maximum Gasteiger partial charge on any atom is 0.255 e. The van der Waals surface area contributed by atoms with E-state index in [1.807, 2.05) is 48.5 Å². The van der Waals surface area contributed by atoms with Gasteiger partial charge in [-0.3, -0.25) is 9.10 Å². The largest absolute Gasteiger partial charge is 0.437 e. The van der Waals surface area contributed by atoms with Crippen LogP contribution in [0.4, 0.5) is 5.82 Å². The molecule has 8 heteroatoms. The molecule has 204 valence electrons. The van der Waals surface area contributed by atoms with Crippen LogP contribution in [0.2, 0.25) is 0 Å². The Morgan fingerprint density at radius 3 is 2.36 bits per heavy atom. The van der Waals surface area contributed by atoms with Gasteiger partial charge in [0, 0.05) is 19.2 Å². The van der Waals surface area contributed by atoms with Crippen LogP contribution in [0, 0.1) is 0 Å². The molecule has 0 aliphatic heterocycles. The Hall–Kier alpha value is -3.65. The zero-order valence-electron chi connectivity index (χ0n) is 22.7. The molecular formula is C31H35N3O4S. The van der Waals surface area contributed by atoms with Crippen LogP contribution < -0.4 is 9.62 Å². The van der Waals surface area contributed by atoms with Crippen LogP contribution in [0.5, 0.6) is 0 Å². The molecule has 5 rings (SSSR count). The molecule has 2 aromatic heterocycles. The molecule has 4 aromatic rings. The van der Waals surface area contributed by atoms with E-state index in [1.54, 1.807) is 7.05 Å². The number of carbonyl (C=O) groups is 1.